The number of nitrogens with two attached hydrogens (primary N) is 1. The molecule has 0 unspecified atom stereocenters. The fraction of sp³-hybridized carbons (Fsp3) is 0.240. The minimum Gasteiger partial charge on any atom is -0.378 e. The van der Waals surface area contributed by atoms with Crippen molar-refractivity contribution in [2.45, 2.75) is 13.3 Å². The van der Waals surface area contributed by atoms with Crippen LogP contribution in [0.15, 0.2) is 55.0 Å². The zero-order valence-electron chi connectivity index (χ0n) is 19.2. The Bertz CT molecular complexity index is 1320. The molecule has 2 aromatic carbocycles. The number of anilines is 2. The molecule has 35 heavy (non-hydrogen) atoms. The first kappa shape index (κ1) is 24.2. The zero-order chi connectivity index (χ0) is 24.8. The average Bonchev–Trinajstić information content (AvgIpc) is 3.28. The largest absolute Gasteiger partial charge is 0.378 e. The Labute approximate surface area is 201 Å². The van der Waals surface area contributed by atoms with E-state index in [1.165, 1.54) is 30.6 Å². The molecule has 0 saturated carbocycles. The van der Waals surface area contributed by atoms with Crippen LogP contribution < -0.4 is 16.4 Å². The Hall–Kier alpha value is -3.89. The maximum atomic E-state index is 14.4. The van der Waals surface area contributed by atoms with Gasteiger partial charge in [-0.2, -0.15) is 0 Å². The minimum absolute atomic E-state index is 0.158. The van der Waals surface area contributed by atoms with E-state index in [2.05, 4.69) is 20.6 Å². The van der Waals surface area contributed by atoms with Gasteiger partial charge in [0.2, 0.25) is 0 Å². The van der Waals surface area contributed by atoms with Crippen LogP contribution in [0.3, 0.4) is 0 Å². The SMILES string of the molecule is CCc1cc(Nc2nccn3c(-c4c(F)cccc4F)cnc23)ccc1C(=O)NCCOCCN. The highest BCUT2D eigenvalue weighted by atomic mass is 19.1. The Kier molecular flexibility index (Phi) is 7.64. The highest BCUT2D eigenvalue weighted by Gasteiger charge is 2.18. The summed E-state index contributed by atoms with van der Waals surface area (Å²) >= 11 is 0. The lowest BCUT2D eigenvalue weighted by molar-refractivity contribution is 0.0919. The van der Waals surface area contributed by atoms with Crippen LogP contribution in [0.2, 0.25) is 0 Å². The Morgan fingerprint density at radius 3 is 2.69 bits per heavy atom. The van der Waals surface area contributed by atoms with Crippen LogP contribution in [0.25, 0.3) is 16.9 Å². The first-order chi connectivity index (χ1) is 17.0. The third kappa shape index (κ3) is 5.28. The van der Waals surface area contributed by atoms with Gasteiger partial charge in [-0.1, -0.05) is 13.0 Å². The van der Waals surface area contributed by atoms with Crippen LogP contribution in [0, 0.1) is 11.6 Å². The molecule has 10 heteroatoms. The van der Waals surface area contributed by atoms with Crippen molar-refractivity contribution in [2.75, 3.05) is 31.6 Å². The lowest BCUT2D eigenvalue weighted by atomic mass is 10.0. The van der Waals surface area contributed by atoms with E-state index in [0.717, 1.165) is 5.56 Å². The van der Waals surface area contributed by atoms with E-state index in [0.29, 0.717) is 55.4 Å². The van der Waals surface area contributed by atoms with E-state index < -0.39 is 11.6 Å². The van der Waals surface area contributed by atoms with Gasteiger partial charge in [-0.15, -0.1) is 0 Å². The molecule has 0 bridgehead atoms. The highest BCUT2D eigenvalue weighted by Crippen LogP contribution is 2.29. The number of amides is 1. The molecule has 8 nitrogen and oxygen atoms in total. The molecule has 4 aromatic rings. The first-order valence-electron chi connectivity index (χ1n) is 11.3. The number of carbonyl (C=O) groups is 1. The number of carbonyl (C=O) groups excluding carboxylic acids is 1. The van der Waals surface area contributed by atoms with Gasteiger partial charge in [0.15, 0.2) is 11.5 Å². The van der Waals surface area contributed by atoms with Gasteiger partial charge in [0.25, 0.3) is 5.91 Å². The van der Waals surface area contributed by atoms with Crippen LogP contribution in [-0.2, 0) is 11.2 Å². The zero-order valence-corrected chi connectivity index (χ0v) is 19.2. The Morgan fingerprint density at radius 1 is 1.14 bits per heavy atom. The van der Waals surface area contributed by atoms with Crippen molar-refractivity contribution >= 4 is 23.1 Å². The van der Waals surface area contributed by atoms with Crippen molar-refractivity contribution in [3.05, 3.63) is 77.8 Å². The number of nitrogens with one attached hydrogen (secondary N) is 2. The minimum atomic E-state index is -0.675. The molecule has 0 aliphatic carbocycles. The first-order valence-corrected chi connectivity index (χ1v) is 11.3. The number of aromatic nitrogens is 3. The molecule has 0 aliphatic rings. The third-order valence-corrected chi connectivity index (χ3v) is 5.43. The van der Waals surface area contributed by atoms with E-state index in [9.17, 15) is 13.6 Å². The summed E-state index contributed by atoms with van der Waals surface area (Å²) in [6.07, 6.45) is 5.16. The normalized spacial score (nSPS) is 11.1. The Morgan fingerprint density at radius 2 is 1.94 bits per heavy atom. The van der Waals surface area contributed by atoms with E-state index in [1.807, 2.05) is 13.0 Å². The topological polar surface area (TPSA) is 107 Å². The van der Waals surface area contributed by atoms with Crippen molar-refractivity contribution in [1.29, 1.82) is 0 Å². The summed E-state index contributed by atoms with van der Waals surface area (Å²) in [4.78, 5) is 21.3. The standard InChI is InChI=1S/C25H26F2N6O2/c1-2-16-14-17(6-7-18(16)25(34)30-10-13-35-12-8-28)32-23-24-31-15-21(33(24)11-9-29-23)22-19(26)4-3-5-20(22)27/h3-7,9,11,14-15H,2,8,10,12-13,28H2,1H3,(H,29,32)(H,30,34). The van der Waals surface area contributed by atoms with Gasteiger partial charge in [0.1, 0.15) is 11.6 Å². The molecule has 0 radical (unpaired) electrons. The number of nitrogens with zero attached hydrogens (tertiary/aromatic N) is 3. The van der Waals surface area contributed by atoms with Gasteiger partial charge in [0, 0.05) is 36.7 Å². The number of hydrogen-bond donors (Lipinski definition) is 3. The van der Waals surface area contributed by atoms with Crippen LogP contribution in [0.4, 0.5) is 20.3 Å². The van der Waals surface area contributed by atoms with Crippen LogP contribution in [0.1, 0.15) is 22.8 Å². The molecule has 0 fully saturated rings. The summed E-state index contributed by atoms with van der Waals surface area (Å²) in [7, 11) is 0. The third-order valence-electron chi connectivity index (χ3n) is 5.43. The second-order valence-electron chi connectivity index (χ2n) is 7.72. The van der Waals surface area contributed by atoms with Gasteiger partial charge in [-0.3, -0.25) is 9.20 Å². The molecule has 2 aromatic heterocycles. The highest BCUT2D eigenvalue weighted by molar-refractivity contribution is 5.96. The summed E-state index contributed by atoms with van der Waals surface area (Å²) < 4.78 is 35.6. The van der Waals surface area contributed by atoms with Gasteiger partial charge in [-0.25, -0.2) is 18.7 Å². The van der Waals surface area contributed by atoms with Gasteiger partial charge in [0.05, 0.1) is 30.7 Å². The fourth-order valence-corrected chi connectivity index (χ4v) is 3.77. The molecule has 4 N–H and O–H groups in total. The van der Waals surface area contributed by atoms with Gasteiger partial charge < -0.3 is 21.1 Å². The number of fused-ring (bicyclic) bond motifs is 1. The Balaban J connectivity index is 1.56. The predicted octanol–water partition coefficient (Wildman–Crippen LogP) is 3.69. The summed E-state index contributed by atoms with van der Waals surface area (Å²) in [5.41, 5.74) is 8.02. The van der Waals surface area contributed by atoms with E-state index in [1.54, 1.807) is 22.7 Å². The van der Waals surface area contributed by atoms with Crippen LogP contribution >= 0.6 is 0 Å². The van der Waals surface area contributed by atoms with Gasteiger partial charge in [-0.05, 0) is 42.3 Å². The quantitative estimate of drug-likeness (QED) is 0.299. The summed E-state index contributed by atoms with van der Waals surface area (Å²) in [5.74, 6) is -1.13. The molecule has 0 saturated heterocycles. The predicted molar refractivity (Wildman–Crippen MR) is 130 cm³/mol. The monoisotopic (exact) mass is 480 g/mol. The number of imidazole rings is 1. The van der Waals surface area contributed by atoms with Crippen LogP contribution in [-0.4, -0.2) is 46.6 Å². The molecule has 182 valence electrons. The van der Waals surface area contributed by atoms with E-state index in [4.69, 9.17) is 10.5 Å². The average molecular weight is 481 g/mol. The van der Waals surface area contributed by atoms with Crippen molar-refractivity contribution < 1.29 is 18.3 Å². The molecule has 1 amide bonds. The number of hydrogen-bond acceptors (Lipinski definition) is 6. The number of ether oxygens (including phenoxy) is 1. The van der Waals surface area contributed by atoms with Gasteiger partial charge >= 0.3 is 0 Å². The number of rotatable bonds is 10. The summed E-state index contributed by atoms with van der Waals surface area (Å²) in [6.45, 7) is 3.63. The molecule has 0 aliphatic heterocycles. The number of benzene rings is 2. The lowest BCUT2D eigenvalue weighted by Crippen LogP contribution is -2.28. The fourth-order valence-electron chi connectivity index (χ4n) is 3.77. The van der Waals surface area contributed by atoms with Crippen LogP contribution in [0.5, 0.6) is 0 Å². The van der Waals surface area contributed by atoms with Crippen molar-refractivity contribution in [3.63, 3.8) is 0 Å². The van der Waals surface area contributed by atoms with E-state index in [-0.39, 0.29) is 17.2 Å². The van der Waals surface area contributed by atoms with Crippen molar-refractivity contribution in [1.82, 2.24) is 19.7 Å². The maximum Gasteiger partial charge on any atom is 0.251 e. The lowest BCUT2D eigenvalue weighted by Gasteiger charge is -2.13. The molecule has 0 atom stereocenters. The molecular formula is C25H26F2N6O2. The maximum absolute atomic E-state index is 14.4. The second kappa shape index (κ2) is 11.0. The second-order valence-corrected chi connectivity index (χ2v) is 7.72. The number of aryl methyl sites for hydroxylation is 1. The van der Waals surface area contributed by atoms with E-state index >= 15 is 0 Å². The molecule has 2 heterocycles. The summed E-state index contributed by atoms with van der Waals surface area (Å²) in [5, 5.41) is 6.04. The summed E-state index contributed by atoms with van der Waals surface area (Å²) in [6, 6.07) is 9.10. The molecule has 0 spiro atoms. The molecular weight excluding hydrogens is 454 g/mol. The smallest absolute Gasteiger partial charge is 0.251 e. The van der Waals surface area contributed by atoms with Crippen molar-refractivity contribution in [2.24, 2.45) is 5.73 Å². The molecule has 4 rings (SSSR count). The number of halogens is 2. The van der Waals surface area contributed by atoms with Crippen molar-refractivity contribution in [3.8, 4) is 11.3 Å².